The Morgan fingerprint density at radius 1 is 1.27 bits per heavy atom. The highest BCUT2D eigenvalue weighted by molar-refractivity contribution is 6.38. The Labute approximate surface area is 191 Å². The van der Waals surface area contributed by atoms with Gasteiger partial charge in [0.2, 0.25) is 0 Å². The van der Waals surface area contributed by atoms with E-state index in [1.165, 1.54) is 25.1 Å². The zero-order valence-corrected chi connectivity index (χ0v) is 18.1. The normalized spacial score (nSPS) is 19.7. The van der Waals surface area contributed by atoms with Crippen LogP contribution in [0.3, 0.4) is 0 Å². The van der Waals surface area contributed by atoms with Crippen LogP contribution >= 0.6 is 23.2 Å². The third-order valence-electron chi connectivity index (χ3n) is 4.66. The van der Waals surface area contributed by atoms with Crippen molar-refractivity contribution in [2.24, 2.45) is 4.99 Å². The van der Waals surface area contributed by atoms with Gasteiger partial charge in [-0.25, -0.2) is 27.2 Å². The number of nitrogens with zero attached hydrogens (tertiary/aromatic N) is 5. The van der Waals surface area contributed by atoms with Crippen molar-refractivity contribution in [3.63, 3.8) is 0 Å². The Kier molecular flexibility index (Phi) is 6.23. The molecule has 0 aliphatic heterocycles. The molecule has 0 saturated heterocycles. The average Bonchev–Trinajstić information content (AvgIpc) is 3.06. The van der Waals surface area contributed by atoms with Crippen LogP contribution in [0, 0.1) is 11.3 Å². The quantitative estimate of drug-likeness (QED) is 0.279. The molecule has 1 unspecified atom stereocenters. The molecule has 0 spiro atoms. The van der Waals surface area contributed by atoms with E-state index in [0.717, 1.165) is 6.34 Å². The summed E-state index contributed by atoms with van der Waals surface area (Å²) in [6, 6.07) is 2.90. The monoisotopic (exact) mass is 517 g/mol. The fourth-order valence-electron chi connectivity index (χ4n) is 3.20. The van der Waals surface area contributed by atoms with E-state index in [9.17, 15) is 36.0 Å². The Bertz CT molecular complexity index is 1130. The molecular formula is C18H12Cl2F7N5O. The summed E-state index contributed by atoms with van der Waals surface area (Å²) in [5.41, 5.74) is -5.03. The predicted molar refractivity (Wildman–Crippen MR) is 104 cm³/mol. The van der Waals surface area contributed by atoms with Crippen LogP contribution in [0.15, 0.2) is 17.1 Å². The third-order valence-corrected chi connectivity index (χ3v) is 5.24. The molecule has 33 heavy (non-hydrogen) atoms. The van der Waals surface area contributed by atoms with E-state index in [1.807, 2.05) is 0 Å². The predicted octanol–water partition coefficient (Wildman–Crippen LogP) is 5.71. The summed E-state index contributed by atoms with van der Waals surface area (Å²) in [7, 11) is 2.99. The van der Waals surface area contributed by atoms with Gasteiger partial charge in [-0.3, -0.25) is 0 Å². The van der Waals surface area contributed by atoms with Crippen LogP contribution in [0.2, 0.25) is 10.0 Å². The lowest BCUT2D eigenvalue weighted by atomic mass is 9.95. The Morgan fingerprint density at radius 3 is 2.21 bits per heavy atom. The van der Waals surface area contributed by atoms with Gasteiger partial charge >= 0.3 is 6.36 Å². The van der Waals surface area contributed by atoms with Gasteiger partial charge in [0.05, 0.1) is 21.9 Å². The molecule has 1 saturated carbocycles. The molecule has 1 aliphatic rings. The fourth-order valence-corrected chi connectivity index (χ4v) is 3.83. The number of hydrogen-bond donors (Lipinski definition) is 0. The van der Waals surface area contributed by atoms with Crippen LogP contribution in [0.1, 0.15) is 17.7 Å². The number of ether oxygens (including phenoxy) is 1. The van der Waals surface area contributed by atoms with Gasteiger partial charge in [-0.1, -0.05) is 23.2 Å². The molecule has 0 radical (unpaired) electrons. The number of nitriles is 1. The highest BCUT2D eigenvalue weighted by Gasteiger charge is 2.79. The number of halogens is 9. The highest BCUT2D eigenvalue weighted by Crippen LogP contribution is 2.67. The van der Waals surface area contributed by atoms with Crippen molar-refractivity contribution in [3.05, 3.63) is 33.4 Å². The Balaban J connectivity index is 2.31. The van der Waals surface area contributed by atoms with Crippen molar-refractivity contribution < 1.29 is 35.5 Å². The third kappa shape index (κ3) is 4.41. The topological polar surface area (TPSA) is 66.4 Å². The molecular weight excluding hydrogens is 506 g/mol. The lowest BCUT2D eigenvalue weighted by molar-refractivity contribution is -0.274. The second kappa shape index (κ2) is 8.25. The van der Waals surface area contributed by atoms with Gasteiger partial charge in [-0.2, -0.15) is 10.4 Å². The Morgan fingerprint density at radius 2 is 1.82 bits per heavy atom. The molecule has 6 nitrogen and oxygen atoms in total. The van der Waals surface area contributed by atoms with Crippen molar-refractivity contribution in [3.8, 4) is 17.5 Å². The van der Waals surface area contributed by atoms with Crippen LogP contribution < -0.4 is 4.74 Å². The first-order valence-corrected chi connectivity index (χ1v) is 9.55. The fraction of sp³-hybridized carbons (Fsp3) is 0.389. The van der Waals surface area contributed by atoms with Crippen molar-refractivity contribution in [2.45, 2.75) is 30.5 Å². The maximum Gasteiger partial charge on any atom is 0.573 e. The van der Waals surface area contributed by atoms with Gasteiger partial charge < -0.3 is 9.64 Å². The lowest BCUT2D eigenvalue weighted by Crippen LogP contribution is -2.26. The van der Waals surface area contributed by atoms with Crippen molar-refractivity contribution in [1.29, 1.82) is 5.26 Å². The maximum atomic E-state index is 14.2. The van der Waals surface area contributed by atoms with Crippen LogP contribution in [-0.2, 0) is 5.41 Å². The molecule has 1 aliphatic carbocycles. The molecule has 0 bridgehead atoms. The van der Waals surface area contributed by atoms with E-state index in [1.54, 1.807) is 0 Å². The number of aromatic nitrogens is 2. The van der Waals surface area contributed by atoms with Gasteiger partial charge in [0.25, 0.3) is 12.3 Å². The summed E-state index contributed by atoms with van der Waals surface area (Å²) in [6.45, 7) is 0. The Hall–Kier alpha value is -2.72. The lowest BCUT2D eigenvalue weighted by Gasteiger charge is -2.17. The van der Waals surface area contributed by atoms with Gasteiger partial charge in [-0.05, 0) is 0 Å². The molecule has 2 aromatic rings. The number of benzene rings is 1. The minimum Gasteiger partial charge on any atom is -0.406 e. The largest absolute Gasteiger partial charge is 0.573 e. The highest BCUT2D eigenvalue weighted by atomic mass is 35.5. The average molecular weight is 518 g/mol. The minimum absolute atomic E-state index is 0.380. The van der Waals surface area contributed by atoms with Gasteiger partial charge in [0, 0.05) is 32.6 Å². The summed E-state index contributed by atoms with van der Waals surface area (Å²) in [5.74, 6) is -5.27. The number of aliphatic imine (C=N–C) groups is 1. The van der Waals surface area contributed by atoms with E-state index in [4.69, 9.17) is 23.2 Å². The summed E-state index contributed by atoms with van der Waals surface area (Å²) in [6.07, 6.45) is -8.84. The van der Waals surface area contributed by atoms with Crippen molar-refractivity contribution in [1.82, 2.24) is 14.7 Å². The molecule has 0 amide bonds. The molecule has 1 heterocycles. The van der Waals surface area contributed by atoms with Crippen molar-refractivity contribution in [2.75, 3.05) is 14.1 Å². The standard InChI is InChI=1S/C18H12Cl2F7N5O/c1-31(2)7-29-14-12(16(15(21)22)6-17(16,23)24)11(5-28)30-32(14)13-9(19)3-8(4-10(13)20)33-18(25,26)27/h3-4,7,15H,6H2,1-2H3. The number of rotatable bonds is 6. The van der Waals surface area contributed by atoms with Crippen LogP contribution in [0.5, 0.6) is 5.75 Å². The first-order valence-electron chi connectivity index (χ1n) is 8.80. The molecule has 1 aromatic carbocycles. The van der Waals surface area contributed by atoms with E-state index in [0.29, 0.717) is 16.8 Å². The first kappa shape index (κ1) is 24.9. The number of alkyl halides is 7. The van der Waals surface area contributed by atoms with E-state index >= 15 is 0 Å². The summed E-state index contributed by atoms with van der Waals surface area (Å²) in [4.78, 5) is 5.27. The van der Waals surface area contributed by atoms with Crippen molar-refractivity contribution >= 4 is 35.4 Å². The van der Waals surface area contributed by atoms with Gasteiger partial charge in [0.1, 0.15) is 22.9 Å². The molecule has 3 rings (SSSR count). The van der Waals surface area contributed by atoms with Gasteiger partial charge in [0.15, 0.2) is 11.5 Å². The SMILES string of the molecule is CN(C)C=Nc1c(C2(C(F)F)CC2(F)F)c(C#N)nn1-c1c(Cl)cc(OC(F)(F)F)cc1Cl. The van der Waals surface area contributed by atoms with E-state index in [-0.39, 0.29) is 5.69 Å². The van der Waals surface area contributed by atoms with E-state index in [2.05, 4.69) is 14.8 Å². The maximum absolute atomic E-state index is 14.2. The molecule has 0 N–H and O–H groups in total. The second-order valence-electron chi connectivity index (χ2n) is 7.22. The van der Waals surface area contributed by atoms with E-state index < -0.39 is 63.4 Å². The molecule has 1 fully saturated rings. The first-order chi connectivity index (χ1) is 15.1. The van der Waals surface area contributed by atoms with Crippen LogP contribution in [0.25, 0.3) is 5.69 Å². The summed E-state index contributed by atoms with van der Waals surface area (Å²) in [5, 5.41) is 12.2. The molecule has 1 aromatic heterocycles. The van der Waals surface area contributed by atoms with Gasteiger partial charge in [-0.15, -0.1) is 13.2 Å². The van der Waals surface area contributed by atoms with Crippen LogP contribution in [0.4, 0.5) is 36.6 Å². The minimum atomic E-state index is -5.07. The molecule has 178 valence electrons. The number of hydrogen-bond acceptors (Lipinski definition) is 4. The summed E-state index contributed by atoms with van der Waals surface area (Å²) < 4.78 is 98.1. The zero-order valence-electron chi connectivity index (χ0n) is 16.6. The molecule has 15 heteroatoms. The van der Waals surface area contributed by atoms with Crippen LogP contribution in [-0.4, -0.2) is 53.8 Å². The molecule has 1 atom stereocenters. The second-order valence-corrected chi connectivity index (χ2v) is 8.03. The smallest absolute Gasteiger partial charge is 0.406 e. The summed E-state index contributed by atoms with van der Waals surface area (Å²) >= 11 is 12.1. The zero-order chi connectivity index (χ0) is 24.9.